The molecular formula is C18H14N6O. The van der Waals surface area contributed by atoms with Crippen LogP contribution in [0.4, 0.5) is 11.6 Å². The molecule has 0 aliphatic carbocycles. The molecule has 4 aromatic heterocycles. The molecule has 3 N–H and O–H groups in total. The van der Waals surface area contributed by atoms with Gasteiger partial charge in [-0.3, -0.25) is 4.79 Å². The smallest absolute Gasteiger partial charge is 0.277 e. The molecule has 25 heavy (non-hydrogen) atoms. The molecule has 4 heterocycles. The summed E-state index contributed by atoms with van der Waals surface area (Å²) in [6, 6.07) is 14.5. The highest BCUT2D eigenvalue weighted by Crippen LogP contribution is 2.19. The number of aromatic nitrogens is 4. The number of pyridine rings is 3. The molecule has 0 aromatic carbocycles. The number of carbonyl (C=O) groups is 1. The molecule has 1 amide bonds. The van der Waals surface area contributed by atoms with Crippen LogP contribution in [0.2, 0.25) is 0 Å². The Balaban J connectivity index is 1.65. The minimum absolute atomic E-state index is 0.309. The second-order valence-corrected chi connectivity index (χ2v) is 5.43. The number of nitrogens with one attached hydrogen (secondary N) is 1. The zero-order valence-corrected chi connectivity index (χ0v) is 13.1. The molecule has 0 unspecified atom stereocenters. The summed E-state index contributed by atoms with van der Waals surface area (Å²) in [4.78, 5) is 25.0. The monoisotopic (exact) mass is 330 g/mol. The molecule has 4 rings (SSSR count). The summed E-state index contributed by atoms with van der Waals surface area (Å²) in [5.41, 5.74) is 8.35. The topological polar surface area (TPSA) is 98.2 Å². The summed E-state index contributed by atoms with van der Waals surface area (Å²) in [6.45, 7) is 0. The van der Waals surface area contributed by atoms with Crippen LogP contribution in [0.3, 0.4) is 0 Å². The summed E-state index contributed by atoms with van der Waals surface area (Å²) < 4.78 is 1.79. The van der Waals surface area contributed by atoms with Crippen LogP contribution < -0.4 is 11.1 Å². The van der Waals surface area contributed by atoms with E-state index in [1.54, 1.807) is 41.1 Å². The molecule has 0 spiro atoms. The van der Waals surface area contributed by atoms with E-state index < -0.39 is 0 Å². The quantitative estimate of drug-likeness (QED) is 0.602. The van der Waals surface area contributed by atoms with E-state index in [4.69, 9.17) is 5.73 Å². The molecule has 0 aliphatic heterocycles. The fourth-order valence-electron chi connectivity index (χ4n) is 2.48. The van der Waals surface area contributed by atoms with E-state index in [9.17, 15) is 4.79 Å². The number of amides is 1. The van der Waals surface area contributed by atoms with Crippen LogP contribution in [0.15, 0.2) is 67.1 Å². The highest BCUT2D eigenvalue weighted by Gasteiger charge is 2.12. The maximum atomic E-state index is 12.3. The fourth-order valence-corrected chi connectivity index (χ4v) is 2.48. The summed E-state index contributed by atoms with van der Waals surface area (Å²) >= 11 is 0. The lowest BCUT2D eigenvalue weighted by atomic mass is 10.2. The van der Waals surface area contributed by atoms with Crippen LogP contribution in [-0.2, 0) is 0 Å². The van der Waals surface area contributed by atoms with Gasteiger partial charge in [0.2, 0.25) is 0 Å². The average molecular weight is 330 g/mol. The SMILES string of the molecule is Nc1cccc(-c2ccc3nc(C(=O)Nc4ccccn4)cn3c2)n1. The predicted molar refractivity (Wildman–Crippen MR) is 95.0 cm³/mol. The number of nitrogens with two attached hydrogens (primary N) is 1. The van der Waals surface area contributed by atoms with E-state index in [1.165, 1.54) is 0 Å². The lowest BCUT2D eigenvalue weighted by molar-refractivity contribution is 0.102. The maximum Gasteiger partial charge on any atom is 0.277 e. The van der Waals surface area contributed by atoms with E-state index in [0.717, 1.165) is 11.3 Å². The van der Waals surface area contributed by atoms with Crippen molar-refractivity contribution in [1.29, 1.82) is 0 Å². The van der Waals surface area contributed by atoms with Crippen LogP contribution in [0.5, 0.6) is 0 Å². The summed E-state index contributed by atoms with van der Waals surface area (Å²) in [5.74, 6) is 0.624. The minimum Gasteiger partial charge on any atom is -0.384 e. The highest BCUT2D eigenvalue weighted by atomic mass is 16.2. The molecule has 7 heteroatoms. The maximum absolute atomic E-state index is 12.3. The minimum atomic E-state index is -0.314. The Bertz CT molecular complexity index is 1060. The largest absolute Gasteiger partial charge is 0.384 e. The third-order valence-electron chi connectivity index (χ3n) is 3.66. The molecular weight excluding hydrogens is 316 g/mol. The standard InChI is InChI=1S/C18H14N6O/c19-15-5-3-4-13(21-15)12-7-8-17-22-14(11-24(17)10-12)18(25)23-16-6-1-2-9-20-16/h1-11H,(H2,19,21)(H,20,23,25). The van der Waals surface area contributed by atoms with Gasteiger partial charge in [0.15, 0.2) is 0 Å². The van der Waals surface area contributed by atoms with Gasteiger partial charge in [0, 0.05) is 24.2 Å². The van der Waals surface area contributed by atoms with Gasteiger partial charge in [-0.05, 0) is 36.4 Å². The Morgan fingerprint density at radius 1 is 1.00 bits per heavy atom. The van der Waals surface area contributed by atoms with E-state index in [1.807, 2.05) is 30.5 Å². The second-order valence-electron chi connectivity index (χ2n) is 5.43. The van der Waals surface area contributed by atoms with Crippen molar-refractivity contribution in [3.05, 3.63) is 72.8 Å². The first kappa shape index (κ1) is 14.8. The summed E-state index contributed by atoms with van der Waals surface area (Å²) in [5, 5.41) is 2.72. The number of nitrogen functional groups attached to an aromatic ring is 1. The van der Waals surface area contributed by atoms with Crippen molar-refractivity contribution in [3.63, 3.8) is 0 Å². The first-order chi connectivity index (χ1) is 12.2. The zero-order chi connectivity index (χ0) is 17.2. The number of nitrogens with zero attached hydrogens (tertiary/aromatic N) is 4. The molecule has 7 nitrogen and oxygen atoms in total. The Hall–Kier alpha value is -3.74. The molecule has 0 saturated heterocycles. The van der Waals surface area contributed by atoms with Gasteiger partial charge >= 0.3 is 0 Å². The van der Waals surface area contributed by atoms with Gasteiger partial charge in [-0.2, -0.15) is 0 Å². The van der Waals surface area contributed by atoms with Crippen molar-refractivity contribution in [2.24, 2.45) is 0 Å². The third kappa shape index (κ3) is 3.02. The van der Waals surface area contributed by atoms with Crippen LogP contribution in [0.1, 0.15) is 10.5 Å². The van der Waals surface area contributed by atoms with E-state index in [2.05, 4.69) is 20.3 Å². The van der Waals surface area contributed by atoms with Crippen molar-refractivity contribution < 1.29 is 4.79 Å². The molecule has 0 fully saturated rings. The number of hydrogen-bond donors (Lipinski definition) is 2. The van der Waals surface area contributed by atoms with Crippen LogP contribution in [-0.4, -0.2) is 25.3 Å². The van der Waals surface area contributed by atoms with Gasteiger partial charge in [-0.25, -0.2) is 15.0 Å². The van der Waals surface area contributed by atoms with Gasteiger partial charge < -0.3 is 15.5 Å². The summed E-state index contributed by atoms with van der Waals surface area (Å²) in [6.07, 6.45) is 5.15. The van der Waals surface area contributed by atoms with Gasteiger partial charge in [0.1, 0.15) is 23.0 Å². The lowest BCUT2D eigenvalue weighted by Crippen LogP contribution is -2.13. The zero-order valence-electron chi connectivity index (χ0n) is 13.1. The van der Waals surface area contributed by atoms with Crippen molar-refractivity contribution in [2.75, 3.05) is 11.1 Å². The van der Waals surface area contributed by atoms with Crippen molar-refractivity contribution >= 4 is 23.2 Å². The first-order valence-electron chi connectivity index (χ1n) is 7.63. The normalized spacial score (nSPS) is 10.7. The molecule has 0 bridgehead atoms. The summed E-state index contributed by atoms with van der Waals surface area (Å²) in [7, 11) is 0. The Labute approximate surface area is 143 Å². The number of hydrogen-bond acceptors (Lipinski definition) is 5. The van der Waals surface area contributed by atoms with Crippen molar-refractivity contribution in [3.8, 4) is 11.3 Å². The van der Waals surface area contributed by atoms with E-state index in [0.29, 0.717) is 23.0 Å². The number of carbonyl (C=O) groups excluding carboxylic acids is 1. The van der Waals surface area contributed by atoms with Crippen LogP contribution in [0, 0.1) is 0 Å². The van der Waals surface area contributed by atoms with Crippen molar-refractivity contribution in [1.82, 2.24) is 19.4 Å². The van der Waals surface area contributed by atoms with Gasteiger partial charge in [-0.15, -0.1) is 0 Å². The molecule has 0 saturated carbocycles. The van der Waals surface area contributed by atoms with Gasteiger partial charge in [0.05, 0.1) is 5.69 Å². The van der Waals surface area contributed by atoms with E-state index in [-0.39, 0.29) is 5.91 Å². The first-order valence-corrected chi connectivity index (χ1v) is 7.63. The predicted octanol–water partition coefficient (Wildman–Crippen LogP) is 2.63. The number of imidazole rings is 1. The molecule has 122 valence electrons. The lowest BCUT2D eigenvalue weighted by Gasteiger charge is -2.02. The molecule has 0 radical (unpaired) electrons. The van der Waals surface area contributed by atoms with Gasteiger partial charge in [-0.1, -0.05) is 12.1 Å². The Morgan fingerprint density at radius 2 is 1.92 bits per heavy atom. The van der Waals surface area contributed by atoms with Crippen molar-refractivity contribution in [2.45, 2.75) is 0 Å². The third-order valence-corrected chi connectivity index (χ3v) is 3.66. The fraction of sp³-hybridized carbons (Fsp3) is 0. The number of anilines is 2. The molecule has 4 aromatic rings. The van der Waals surface area contributed by atoms with Crippen LogP contribution >= 0.6 is 0 Å². The highest BCUT2D eigenvalue weighted by molar-refractivity contribution is 6.02. The Morgan fingerprint density at radius 3 is 2.72 bits per heavy atom. The average Bonchev–Trinajstić information content (AvgIpc) is 3.06. The number of rotatable bonds is 3. The molecule has 0 atom stereocenters. The second kappa shape index (κ2) is 6.04. The Kier molecular flexibility index (Phi) is 3.59. The van der Waals surface area contributed by atoms with Gasteiger partial charge in [0.25, 0.3) is 5.91 Å². The van der Waals surface area contributed by atoms with Crippen LogP contribution in [0.25, 0.3) is 16.9 Å². The number of fused-ring (bicyclic) bond motifs is 1. The van der Waals surface area contributed by atoms with E-state index >= 15 is 0 Å². The molecule has 0 aliphatic rings.